The van der Waals surface area contributed by atoms with Crippen molar-refractivity contribution in [2.24, 2.45) is 0 Å². The molecule has 5 heteroatoms. The van der Waals surface area contributed by atoms with Gasteiger partial charge in [-0.1, -0.05) is 18.5 Å². The first kappa shape index (κ1) is 12.9. The minimum Gasteiger partial charge on any atom is -0.383 e. The molecule has 1 unspecified atom stereocenters. The van der Waals surface area contributed by atoms with Gasteiger partial charge < -0.3 is 5.32 Å². The summed E-state index contributed by atoms with van der Waals surface area (Å²) in [7, 11) is 0. The van der Waals surface area contributed by atoms with E-state index in [-0.39, 0.29) is 0 Å². The molecule has 0 saturated heterocycles. The lowest BCUT2D eigenvalue weighted by molar-refractivity contribution is 0.795. The Morgan fingerprint density at radius 1 is 1.56 bits per heavy atom. The fourth-order valence-corrected chi connectivity index (χ4v) is 2.46. The van der Waals surface area contributed by atoms with Crippen molar-refractivity contribution in [1.29, 1.82) is 5.26 Å². The van der Waals surface area contributed by atoms with E-state index in [1.807, 2.05) is 5.38 Å². The van der Waals surface area contributed by atoms with Crippen LogP contribution in [0.4, 0.5) is 5.69 Å². The zero-order chi connectivity index (χ0) is 13.0. The van der Waals surface area contributed by atoms with Gasteiger partial charge in [0.25, 0.3) is 0 Å². The Morgan fingerprint density at radius 3 is 3.06 bits per heavy atom. The maximum atomic E-state index is 9.02. The number of nitriles is 1. The van der Waals surface area contributed by atoms with Crippen molar-refractivity contribution in [1.82, 2.24) is 4.98 Å². The SMILES string of the molecule is CC(CNc1cc(Cl)ccc1C#N)c1nccs1. The van der Waals surface area contributed by atoms with E-state index in [2.05, 4.69) is 23.3 Å². The van der Waals surface area contributed by atoms with E-state index in [4.69, 9.17) is 16.9 Å². The van der Waals surface area contributed by atoms with Crippen LogP contribution in [-0.2, 0) is 0 Å². The van der Waals surface area contributed by atoms with Crippen molar-refractivity contribution >= 4 is 28.6 Å². The first-order valence-electron chi connectivity index (χ1n) is 5.53. The first-order chi connectivity index (χ1) is 8.70. The lowest BCUT2D eigenvalue weighted by atomic mass is 10.1. The van der Waals surface area contributed by atoms with Crippen LogP contribution < -0.4 is 5.32 Å². The Hall–Kier alpha value is -1.57. The number of hydrogen-bond acceptors (Lipinski definition) is 4. The van der Waals surface area contributed by atoms with Crippen molar-refractivity contribution in [3.8, 4) is 6.07 Å². The molecule has 3 nitrogen and oxygen atoms in total. The third-order valence-electron chi connectivity index (χ3n) is 2.57. The molecule has 0 bridgehead atoms. The largest absolute Gasteiger partial charge is 0.383 e. The average molecular weight is 278 g/mol. The molecule has 0 aliphatic heterocycles. The van der Waals surface area contributed by atoms with Gasteiger partial charge in [0.05, 0.1) is 16.3 Å². The molecule has 18 heavy (non-hydrogen) atoms. The Bertz CT molecular complexity index is 560. The topological polar surface area (TPSA) is 48.7 Å². The summed E-state index contributed by atoms with van der Waals surface area (Å²) in [6, 6.07) is 7.36. The zero-order valence-corrected chi connectivity index (χ0v) is 11.4. The fourth-order valence-electron chi connectivity index (χ4n) is 1.59. The molecule has 0 spiro atoms. The summed E-state index contributed by atoms with van der Waals surface area (Å²) in [6.07, 6.45) is 1.80. The molecule has 1 aromatic carbocycles. The van der Waals surface area contributed by atoms with Crippen molar-refractivity contribution < 1.29 is 0 Å². The highest BCUT2D eigenvalue weighted by Gasteiger charge is 2.09. The van der Waals surface area contributed by atoms with Gasteiger partial charge >= 0.3 is 0 Å². The van der Waals surface area contributed by atoms with Crippen LogP contribution in [0.25, 0.3) is 0 Å². The number of aromatic nitrogens is 1. The molecule has 1 atom stereocenters. The van der Waals surface area contributed by atoms with Crippen LogP contribution in [0.15, 0.2) is 29.8 Å². The van der Waals surface area contributed by atoms with E-state index in [1.165, 1.54) is 0 Å². The van der Waals surface area contributed by atoms with E-state index in [0.717, 1.165) is 17.2 Å². The van der Waals surface area contributed by atoms with Crippen molar-refractivity contribution in [2.75, 3.05) is 11.9 Å². The number of thiazole rings is 1. The van der Waals surface area contributed by atoms with Gasteiger partial charge in [-0.05, 0) is 18.2 Å². The highest BCUT2D eigenvalue weighted by molar-refractivity contribution is 7.09. The fraction of sp³-hybridized carbons (Fsp3) is 0.231. The third-order valence-corrected chi connectivity index (χ3v) is 3.82. The van der Waals surface area contributed by atoms with Gasteiger partial charge in [-0.25, -0.2) is 4.98 Å². The molecular formula is C13H12ClN3S. The normalized spacial score (nSPS) is 11.8. The molecule has 0 aliphatic carbocycles. The quantitative estimate of drug-likeness (QED) is 0.922. The molecule has 1 heterocycles. The van der Waals surface area contributed by atoms with Crippen molar-refractivity contribution in [3.63, 3.8) is 0 Å². The summed E-state index contributed by atoms with van der Waals surface area (Å²) in [6.45, 7) is 2.82. The predicted octanol–water partition coefficient (Wildman–Crippen LogP) is 3.88. The number of halogens is 1. The van der Waals surface area contributed by atoms with Crippen LogP contribution in [0.1, 0.15) is 23.4 Å². The summed E-state index contributed by atoms with van der Waals surface area (Å²) in [5.41, 5.74) is 1.37. The van der Waals surface area contributed by atoms with Crippen LogP contribution >= 0.6 is 22.9 Å². The highest BCUT2D eigenvalue weighted by Crippen LogP contribution is 2.23. The minimum atomic E-state index is 0.301. The minimum absolute atomic E-state index is 0.301. The van der Waals surface area contributed by atoms with Crippen LogP contribution in [-0.4, -0.2) is 11.5 Å². The Morgan fingerprint density at radius 2 is 2.39 bits per heavy atom. The number of benzene rings is 1. The van der Waals surface area contributed by atoms with Gasteiger partial charge in [0, 0.05) is 29.1 Å². The number of nitrogens with one attached hydrogen (secondary N) is 1. The van der Waals surface area contributed by atoms with Gasteiger partial charge in [-0.2, -0.15) is 5.26 Å². The highest BCUT2D eigenvalue weighted by atomic mass is 35.5. The van der Waals surface area contributed by atoms with Crippen LogP contribution in [0.3, 0.4) is 0 Å². The lowest BCUT2D eigenvalue weighted by Crippen LogP contribution is -2.10. The molecule has 92 valence electrons. The van der Waals surface area contributed by atoms with Crippen LogP contribution in [0.2, 0.25) is 5.02 Å². The molecule has 0 saturated carbocycles. The van der Waals surface area contributed by atoms with Crippen LogP contribution in [0.5, 0.6) is 0 Å². The third kappa shape index (κ3) is 3.00. The number of nitrogens with zero attached hydrogens (tertiary/aromatic N) is 2. The van der Waals surface area contributed by atoms with E-state index >= 15 is 0 Å². The van der Waals surface area contributed by atoms with E-state index in [1.54, 1.807) is 35.7 Å². The smallest absolute Gasteiger partial charge is 0.101 e. The molecule has 0 aliphatic rings. The molecule has 0 radical (unpaired) electrons. The molecular weight excluding hydrogens is 266 g/mol. The van der Waals surface area contributed by atoms with E-state index < -0.39 is 0 Å². The van der Waals surface area contributed by atoms with Gasteiger partial charge in [-0.15, -0.1) is 11.3 Å². The molecule has 2 aromatic rings. The van der Waals surface area contributed by atoms with Gasteiger partial charge in [0.15, 0.2) is 0 Å². The summed E-state index contributed by atoms with van der Waals surface area (Å²) in [5.74, 6) is 0.301. The molecule has 2 rings (SSSR count). The standard InChI is InChI=1S/C13H12ClN3S/c1-9(13-16-4-5-18-13)8-17-12-6-11(14)3-2-10(12)7-15/h2-6,9,17H,8H2,1H3. The average Bonchev–Trinajstić information content (AvgIpc) is 2.90. The zero-order valence-electron chi connectivity index (χ0n) is 9.85. The van der Waals surface area contributed by atoms with Gasteiger partial charge in [-0.3, -0.25) is 0 Å². The predicted molar refractivity (Wildman–Crippen MR) is 75.2 cm³/mol. The van der Waals surface area contributed by atoms with E-state index in [9.17, 15) is 0 Å². The van der Waals surface area contributed by atoms with Crippen LogP contribution in [0, 0.1) is 11.3 Å². The first-order valence-corrected chi connectivity index (χ1v) is 6.79. The van der Waals surface area contributed by atoms with E-state index in [0.29, 0.717) is 16.5 Å². The molecule has 1 N–H and O–H groups in total. The van der Waals surface area contributed by atoms with Crippen molar-refractivity contribution in [3.05, 3.63) is 45.4 Å². The summed E-state index contributed by atoms with van der Waals surface area (Å²) >= 11 is 7.57. The van der Waals surface area contributed by atoms with Crippen molar-refractivity contribution in [2.45, 2.75) is 12.8 Å². The Labute approximate surface area is 115 Å². The second kappa shape index (κ2) is 5.85. The van der Waals surface area contributed by atoms with Gasteiger partial charge in [0.1, 0.15) is 6.07 Å². The summed E-state index contributed by atoms with van der Waals surface area (Å²) in [5, 5.41) is 15.9. The lowest BCUT2D eigenvalue weighted by Gasteiger charge is -2.12. The summed E-state index contributed by atoms with van der Waals surface area (Å²) in [4.78, 5) is 4.28. The second-order valence-corrected chi connectivity index (χ2v) is 5.32. The van der Waals surface area contributed by atoms with Gasteiger partial charge in [0.2, 0.25) is 0 Å². The summed E-state index contributed by atoms with van der Waals surface area (Å²) < 4.78 is 0. The molecule has 0 fully saturated rings. The molecule has 0 amide bonds. The Kier molecular flexibility index (Phi) is 4.19. The maximum Gasteiger partial charge on any atom is 0.101 e. The number of hydrogen-bond donors (Lipinski definition) is 1. The number of rotatable bonds is 4. The maximum absolute atomic E-state index is 9.02. The Balaban J connectivity index is 2.06. The monoisotopic (exact) mass is 277 g/mol. The number of anilines is 1. The second-order valence-electron chi connectivity index (χ2n) is 3.95. The molecule has 1 aromatic heterocycles.